The molecular weight excluding hydrogens is 426 g/mol. The van der Waals surface area contributed by atoms with Crippen molar-refractivity contribution in [2.45, 2.75) is 34.3 Å². The van der Waals surface area contributed by atoms with Crippen LogP contribution in [0.1, 0.15) is 36.1 Å². The highest BCUT2D eigenvalue weighted by Gasteiger charge is 2.11. The van der Waals surface area contributed by atoms with Crippen molar-refractivity contribution in [1.29, 1.82) is 0 Å². The maximum Gasteiger partial charge on any atom is 0.333 e. The van der Waals surface area contributed by atoms with Gasteiger partial charge in [0.2, 0.25) is 5.88 Å². The van der Waals surface area contributed by atoms with Gasteiger partial charge in [-0.05, 0) is 68.7 Å². The first kappa shape index (κ1) is 23.4. The van der Waals surface area contributed by atoms with Gasteiger partial charge in [0.25, 0.3) is 0 Å². The van der Waals surface area contributed by atoms with Crippen LogP contribution in [-0.2, 0) is 16.1 Å². The van der Waals surface area contributed by atoms with Gasteiger partial charge in [-0.15, -0.1) is 0 Å². The summed E-state index contributed by atoms with van der Waals surface area (Å²) in [7, 11) is 0. The second kappa shape index (κ2) is 10.8. The van der Waals surface area contributed by atoms with Gasteiger partial charge < -0.3 is 14.2 Å². The molecule has 166 valence electrons. The Morgan fingerprint density at radius 2 is 1.84 bits per heavy atom. The van der Waals surface area contributed by atoms with E-state index in [2.05, 4.69) is 24.0 Å². The van der Waals surface area contributed by atoms with Crippen LogP contribution >= 0.6 is 11.6 Å². The molecule has 0 aliphatic heterocycles. The summed E-state index contributed by atoms with van der Waals surface area (Å²) in [6, 6.07) is 15.4. The van der Waals surface area contributed by atoms with Crippen molar-refractivity contribution in [3.8, 4) is 17.4 Å². The van der Waals surface area contributed by atoms with Crippen LogP contribution in [0.4, 0.5) is 0 Å². The topological polar surface area (TPSA) is 57.7 Å². The van der Waals surface area contributed by atoms with E-state index >= 15 is 0 Å². The standard InChI is InChI=1S/C26H26ClNO4/c1-5-30-26(29)19(4)13-21-12-18(3)25(23(27)14-21)32-24-11-10-22(15-28-24)31-16-20-8-6-17(2)7-9-20/h6-15H,5,16H2,1-4H3/b19-13+. The van der Waals surface area contributed by atoms with E-state index in [1.54, 1.807) is 44.3 Å². The maximum absolute atomic E-state index is 11.8. The zero-order valence-electron chi connectivity index (χ0n) is 18.6. The SMILES string of the molecule is CCOC(=O)/C(C)=C/c1cc(C)c(Oc2ccc(OCc3ccc(C)cc3)cn2)c(Cl)c1. The first-order valence-electron chi connectivity index (χ1n) is 10.3. The predicted octanol–water partition coefficient (Wildman–Crippen LogP) is 6.69. The number of aromatic nitrogens is 1. The van der Waals surface area contributed by atoms with Crippen LogP contribution in [0, 0.1) is 13.8 Å². The fourth-order valence-corrected chi connectivity index (χ4v) is 3.31. The second-order valence-corrected chi connectivity index (χ2v) is 7.81. The lowest BCUT2D eigenvalue weighted by molar-refractivity contribution is -0.138. The fraction of sp³-hybridized carbons (Fsp3) is 0.231. The second-order valence-electron chi connectivity index (χ2n) is 7.41. The Labute approximate surface area is 193 Å². The average molecular weight is 452 g/mol. The molecule has 3 aromatic rings. The summed E-state index contributed by atoms with van der Waals surface area (Å²) in [5, 5.41) is 0.425. The molecule has 3 rings (SSSR count). The molecule has 0 spiro atoms. The molecule has 1 heterocycles. The third-order valence-electron chi connectivity index (χ3n) is 4.67. The van der Waals surface area contributed by atoms with Crippen LogP contribution in [0.2, 0.25) is 5.02 Å². The number of hydrogen-bond donors (Lipinski definition) is 0. The summed E-state index contributed by atoms with van der Waals surface area (Å²) in [6.45, 7) is 8.22. The van der Waals surface area contributed by atoms with E-state index in [1.165, 1.54) is 5.56 Å². The van der Waals surface area contributed by atoms with Crippen LogP contribution < -0.4 is 9.47 Å². The Kier molecular flexibility index (Phi) is 7.90. The third kappa shape index (κ3) is 6.34. The monoisotopic (exact) mass is 451 g/mol. The number of rotatable bonds is 8. The van der Waals surface area contributed by atoms with E-state index in [1.807, 2.05) is 25.1 Å². The minimum absolute atomic E-state index is 0.333. The zero-order chi connectivity index (χ0) is 23.1. The normalized spacial score (nSPS) is 11.2. The van der Waals surface area contributed by atoms with Crippen molar-refractivity contribution in [2.24, 2.45) is 0 Å². The van der Waals surface area contributed by atoms with E-state index in [0.29, 0.717) is 41.2 Å². The largest absolute Gasteiger partial charge is 0.487 e. The van der Waals surface area contributed by atoms with Crippen LogP contribution in [0.3, 0.4) is 0 Å². The third-order valence-corrected chi connectivity index (χ3v) is 4.95. The van der Waals surface area contributed by atoms with Gasteiger partial charge in [0.1, 0.15) is 12.4 Å². The van der Waals surface area contributed by atoms with Gasteiger partial charge in [-0.25, -0.2) is 9.78 Å². The number of nitrogens with zero attached hydrogens (tertiary/aromatic N) is 1. The van der Waals surface area contributed by atoms with Crippen molar-refractivity contribution in [1.82, 2.24) is 4.98 Å². The lowest BCUT2D eigenvalue weighted by atomic mass is 10.1. The molecular formula is C26H26ClNO4. The molecule has 0 fully saturated rings. The molecule has 0 bridgehead atoms. The number of hydrogen-bond acceptors (Lipinski definition) is 5. The molecule has 0 radical (unpaired) electrons. The molecule has 0 saturated heterocycles. The Balaban J connectivity index is 1.67. The average Bonchev–Trinajstić information content (AvgIpc) is 2.77. The number of carbonyl (C=O) groups excluding carboxylic acids is 1. The molecule has 6 heteroatoms. The number of benzene rings is 2. The first-order valence-corrected chi connectivity index (χ1v) is 10.7. The minimum Gasteiger partial charge on any atom is -0.487 e. The Morgan fingerprint density at radius 1 is 1.09 bits per heavy atom. The van der Waals surface area contributed by atoms with E-state index in [0.717, 1.165) is 16.7 Å². The molecule has 0 saturated carbocycles. The summed E-state index contributed by atoms with van der Waals surface area (Å²) in [5.41, 5.74) is 4.41. The smallest absolute Gasteiger partial charge is 0.333 e. The number of carbonyl (C=O) groups is 1. The highest BCUT2D eigenvalue weighted by atomic mass is 35.5. The molecule has 0 aliphatic carbocycles. The highest BCUT2D eigenvalue weighted by molar-refractivity contribution is 6.32. The molecule has 32 heavy (non-hydrogen) atoms. The quantitative estimate of drug-likeness (QED) is 0.282. The molecule has 0 aliphatic rings. The Bertz CT molecular complexity index is 1080. The van der Waals surface area contributed by atoms with E-state index < -0.39 is 0 Å². The summed E-state index contributed by atoms with van der Waals surface area (Å²) in [6.07, 6.45) is 3.35. The van der Waals surface area contributed by atoms with Gasteiger partial charge in [-0.2, -0.15) is 0 Å². The molecule has 0 atom stereocenters. The van der Waals surface area contributed by atoms with Crippen LogP contribution in [0.5, 0.6) is 17.4 Å². The van der Waals surface area contributed by atoms with Crippen LogP contribution in [0.15, 0.2) is 60.3 Å². The number of ether oxygens (including phenoxy) is 3. The zero-order valence-corrected chi connectivity index (χ0v) is 19.4. The van der Waals surface area contributed by atoms with Gasteiger partial charge in [0.15, 0.2) is 5.75 Å². The van der Waals surface area contributed by atoms with Crippen LogP contribution in [0.25, 0.3) is 6.08 Å². The predicted molar refractivity (Wildman–Crippen MR) is 126 cm³/mol. The number of halogens is 1. The minimum atomic E-state index is -0.351. The Morgan fingerprint density at radius 3 is 2.47 bits per heavy atom. The first-order chi connectivity index (χ1) is 15.4. The van der Waals surface area contributed by atoms with Crippen LogP contribution in [-0.4, -0.2) is 17.6 Å². The van der Waals surface area contributed by atoms with Crippen molar-refractivity contribution >= 4 is 23.6 Å². The molecule has 0 N–H and O–H groups in total. The summed E-state index contributed by atoms with van der Waals surface area (Å²) in [4.78, 5) is 16.1. The summed E-state index contributed by atoms with van der Waals surface area (Å²) < 4.78 is 16.7. The van der Waals surface area contributed by atoms with Gasteiger partial charge >= 0.3 is 5.97 Å². The number of aryl methyl sites for hydroxylation is 2. The summed E-state index contributed by atoms with van der Waals surface area (Å²) >= 11 is 6.45. The molecule has 0 amide bonds. The highest BCUT2D eigenvalue weighted by Crippen LogP contribution is 2.34. The molecule has 0 unspecified atom stereocenters. The lowest BCUT2D eigenvalue weighted by Crippen LogP contribution is -2.04. The molecule has 1 aromatic heterocycles. The van der Waals surface area contributed by atoms with Gasteiger partial charge in [0.05, 0.1) is 17.8 Å². The van der Waals surface area contributed by atoms with Gasteiger partial charge in [-0.3, -0.25) is 0 Å². The van der Waals surface area contributed by atoms with Crippen molar-refractivity contribution in [3.05, 3.63) is 87.6 Å². The van der Waals surface area contributed by atoms with Crippen molar-refractivity contribution in [2.75, 3.05) is 6.61 Å². The Hall–Kier alpha value is -3.31. The summed E-state index contributed by atoms with van der Waals surface area (Å²) in [5.74, 6) is 1.22. The molecule has 2 aromatic carbocycles. The maximum atomic E-state index is 11.8. The van der Waals surface area contributed by atoms with E-state index in [-0.39, 0.29) is 5.97 Å². The van der Waals surface area contributed by atoms with Gasteiger partial charge in [-0.1, -0.05) is 41.4 Å². The van der Waals surface area contributed by atoms with Crippen molar-refractivity contribution < 1.29 is 19.0 Å². The number of esters is 1. The fourth-order valence-electron chi connectivity index (χ4n) is 2.99. The molecule has 5 nitrogen and oxygen atoms in total. The van der Waals surface area contributed by atoms with E-state index in [4.69, 9.17) is 25.8 Å². The lowest BCUT2D eigenvalue weighted by Gasteiger charge is -2.12. The van der Waals surface area contributed by atoms with Crippen molar-refractivity contribution in [3.63, 3.8) is 0 Å². The van der Waals surface area contributed by atoms with Gasteiger partial charge in [0, 0.05) is 11.6 Å². The van der Waals surface area contributed by atoms with E-state index in [9.17, 15) is 4.79 Å². The number of pyridine rings is 1.